The van der Waals surface area contributed by atoms with Crippen molar-refractivity contribution in [3.8, 4) is 28.5 Å². The third-order valence-electron chi connectivity index (χ3n) is 7.59. The molecule has 3 heterocycles. The molecule has 0 aliphatic heterocycles. The van der Waals surface area contributed by atoms with E-state index in [1.54, 1.807) is 0 Å². The molecule has 4 heteroatoms. The highest BCUT2D eigenvalue weighted by atomic mass is 15.0. The van der Waals surface area contributed by atoms with Crippen molar-refractivity contribution in [2.75, 3.05) is 0 Å². The Balaban J connectivity index is 1.61. The van der Waals surface area contributed by atoms with Gasteiger partial charge in [0.25, 0.3) is 0 Å². The van der Waals surface area contributed by atoms with Gasteiger partial charge in [-0.15, -0.1) is 0 Å². The molecule has 0 N–H and O–H groups in total. The minimum Gasteiger partial charge on any atom is -0.298 e. The number of pyridine rings is 2. The zero-order valence-corrected chi connectivity index (χ0v) is 20.8. The summed E-state index contributed by atoms with van der Waals surface area (Å²) < 4.78 is 2.15. The standard InChI is InChI=1S/C35H20N4/c36-21-22-10-9-11-23(20-22)31-24-12-1-3-14-26(24)32(27-15-4-2-13-25(27)31)34-35-33(28-16-5-6-17-29(28)37-34)38-30-18-7-8-19-39(30)35/h1-20H. The van der Waals surface area contributed by atoms with E-state index in [0.717, 1.165) is 71.5 Å². The Morgan fingerprint density at radius 1 is 0.590 bits per heavy atom. The second-order valence-corrected chi connectivity index (χ2v) is 9.75. The molecule has 0 bridgehead atoms. The fourth-order valence-corrected chi connectivity index (χ4v) is 5.97. The maximum absolute atomic E-state index is 9.62. The molecule has 3 aromatic heterocycles. The van der Waals surface area contributed by atoms with Crippen molar-refractivity contribution < 1.29 is 0 Å². The summed E-state index contributed by atoms with van der Waals surface area (Å²) in [5.74, 6) is 0. The van der Waals surface area contributed by atoms with E-state index in [9.17, 15) is 5.26 Å². The van der Waals surface area contributed by atoms with Gasteiger partial charge in [0.05, 0.1) is 22.8 Å². The molecule has 0 aliphatic carbocycles. The number of nitriles is 1. The average molecular weight is 497 g/mol. The van der Waals surface area contributed by atoms with Gasteiger partial charge in [-0.3, -0.25) is 4.40 Å². The molecule has 8 rings (SSSR count). The lowest BCUT2D eigenvalue weighted by Crippen LogP contribution is -1.96. The average Bonchev–Trinajstić information content (AvgIpc) is 3.40. The van der Waals surface area contributed by atoms with E-state index in [2.05, 4.69) is 83.4 Å². The third-order valence-corrected chi connectivity index (χ3v) is 7.59. The Morgan fingerprint density at radius 2 is 1.23 bits per heavy atom. The summed E-state index contributed by atoms with van der Waals surface area (Å²) in [6, 6.07) is 41.5. The van der Waals surface area contributed by atoms with Crippen molar-refractivity contribution in [1.82, 2.24) is 14.4 Å². The number of benzene rings is 5. The molecule has 4 nitrogen and oxygen atoms in total. The Labute approximate surface area is 224 Å². The maximum Gasteiger partial charge on any atom is 0.137 e. The topological polar surface area (TPSA) is 54.0 Å². The second-order valence-electron chi connectivity index (χ2n) is 9.75. The van der Waals surface area contributed by atoms with Crippen LogP contribution < -0.4 is 0 Å². The Bertz CT molecular complexity index is 2250. The van der Waals surface area contributed by atoms with E-state index in [1.807, 2.05) is 48.5 Å². The van der Waals surface area contributed by atoms with Crippen LogP contribution in [0, 0.1) is 11.3 Å². The first-order valence-electron chi connectivity index (χ1n) is 12.9. The van der Waals surface area contributed by atoms with Crippen LogP contribution in [0.5, 0.6) is 0 Å². The summed E-state index contributed by atoms with van der Waals surface area (Å²) in [4.78, 5) is 10.4. The zero-order chi connectivity index (χ0) is 25.9. The molecule has 0 saturated heterocycles. The smallest absolute Gasteiger partial charge is 0.137 e. The van der Waals surface area contributed by atoms with Crippen LogP contribution in [0.15, 0.2) is 121 Å². The lowest BCUT2D eigenvalue weighted by molar-refractivity contribution is 1.22. The molecule has 0 spiro atoms. The maximum atomic E-state index is 9.62. The van der Waals surface area contributed by atoms with Gasteiger partial charge in [0.1, 0.15) is 16.7 Å². The first-order chi connectivity index (χ1) is 19.3. The molecule has 5 aromatic carbocycles. The number of hydrogen-bond donors (Lipinski definition) is 0. The van der Waals surface area contributed by atoms with E-state index in [-0.39, 0.29) is 0 Å². The highest BCUT2D eigenvalue weighted by Crippen LogP contribution is 2.45. The van der Waals surface area contributed by atoms with Crippen molar-refractivity contribution in [2.24, 2.45) is 0 Å². The van der Waals surface area contributed by atoms with Gasteiger partial charge < -0.3 is 0 Å². The van der Waals surface area contributed by atoms with E-state index >= 15 is 0 Å². The van der Waals surface area contributed by atoms with Crippen molar-refractivity contribution in [3.05, 3.63) is 127 Å². The fourth-order valence-electron chi connectivity index (χ4n) is 5.97. The lowest BCUT2D eigenvalue weighted by atomic mass is 9.86. The van der Waals surface area contributed by atoms with Crippen LogP contribution >= 0.6 is 0 Å². The van der Waals surface area contributed by atoms with Crippen LogP contribution in [0.1, 0.15) is 5.56 Å². The fraction of sp³-hybridized carbons (Fsp3) is 0. The minimum absolute atomic E-state index is 0.647. The first kappa shape index (κ1) is 21.5. The summed E-state index contributed by atoms with van der Waals surface area (Å²) in [6.45, 7) is 0. The molecule has 0 atom stereocenters. The van der Waals surface area contributed by atoms with Crippen LogP contribution in [0.25, 0.3) is 71.5 Å². The highest BCUT2D eigenvalue weighted by molar-refractivity contribution is 6.24. The Morgan fingerprint density at radius 3 is 1.95 bits per heavy atom. The minimum atomic E-state index is 0.647. The normalized spacial score (nSPS) is 11.6. The SMILES string of the molecule is N#Cc1cccc(-c2c3ccccc3c(-c3nc4ccccc4c4nc5ccccn5c34)c3ccccc23)c1. The van der Waals surface area contributed by atoms with Crippen molar-refractivity contribution in [3.63, 3.8) is 0 Å². The third kappa shape index (κ3) is 3.11. The summed E-state index contributed by atoms with van der Waals surface area (Å²) in [5.41, 5.74) is 8.55. The number of rotatable bonds is 2. The molecule has 0 saturated carbocycles. The van der Waals surface area contributed by atoms with Gasteiger partial charge in [-0.05, 0) is 63.0 Å². The first-order valence-corrected chi connectivity index (χ1v) is 12.9. The number of nitrogens with zero attached hydrogens (tertiary/aromatic N) is 4. The van der Waals surface area contributed by atoms with E-state index in [1.165, 1.54) is 0 Å². The van der Waals surface area contributed by atoms with Crippen molar-refractivity contribution >= 4 is 49.1 Å². The van der Waals surface area contributed by atoms with E-state index in [4.69, 9.17) is 9.97 Å². The molecule has 0 fully saturated rings. The van der Waals surface area contributed by atoms with Crippen LogP contribution in [0.2, 0.25) is 0 Å². The molecular formula is C35H20N4. The second kappa shape index (κ2) is 8.24. The van der Waals surface area contributed by atoms with Crippen LogP contribution in [0.3, 0.4) is 0 Å². The zero-order valence-electron chi connectivity index (χ0n) is 20.8. The summed E-state index contributed by atoms with van der Waals surface area (Å²) >= 11 is 0. The Kier molecular flexibility index (Phi) is 4.55. The number of hydrogen-bond acceptors (Lipinski definition) is 3. The van der Waals surface area contributed by atoms with Gasteiger partial charge in [-0.25, -0.2) is 9.97 Å². The van der Waals surface area contributed by atoms with E-state index < -0.39 is 0 Å². The van der Waals surface area contributed by atoms with Crippen LogP contribution in [-0.2, 0) is 0 Å². The molecular weight excluding hydrogens is 476 g/mol. The van der Waals surface area contributed by atoms with Crippen LogP contribution in [0.4, 0.5) is 0 Å². The molecule has 0 unspecified atom stereocenters. The lowest BCUT2D eigenvalue weighted by Gasteiger charge is -2.18. The summed E-state index contributed by atoms with van der Waals surface area (Å²) in [5, 5.41) is 15.1. The van der Waals surface area contributed by atoms with Gasteiger partial charge in [0, 0.05) is 17.1 Å². The van der Waals surface area contributed by atoms with Gasteiger partial charge in [0.2, 0.25) is 0 Å². The van der Waals surface area contributed by atoms with Crippen molar-refractivity contribution in [2.45, 2.75) is 0 Å². The van der Waals surface area contributed by atoms with Gasteiger partial charge in [-0.2, -0.15) is 5.26 Å². The molecule has 0 aliphatic rings. The quantitative estimate of drug-likeness (QED) is 0.225. The highest BCUT2D eigenvalue weighted by Gasteiger charge is 2.22. The largest absolute Gasteiger partial charge is 0.298 e. The summed E-state index contributed by atoms with van der Waals surface area (Å²) in [6.07, 6.45) is 2.07. The predicted octanol–water partition coefficient (Wildman–Crippen LogP) is 8.55. The predicted molar refractivity (Wildman–Crippen MR) is 159 cm³/mol. The molecule has 0 amide bonds. The van der Waals surface area contributed by atoms with Gasteiger partial charge >= 0.3 is 0 Å². The number of fused-ring (bicyclic) bond motifs is 7. The number of aromatic nitrogens is 3. The van der Waals surface area contributed by atoms with Gasteiger partial charge in [0.15, 0.2) is 0 Å². The summed E-state index contributed by atoms with van der Waals surface area (Å²) in [7, 11) is 0. The van der Waals surface area contributed by atoms with Crippen molar-refractivity contribution in [1.29, 1.82) is 5.26 Å². The molecule has 39 heavy (non-hydrogen) atoms. The van der Waals surface area contributed by atoms with E-state index in [0.29, 0.717) is 5.56 Å². The monoisotopic (exact) mass is 496 g/mol. The Hall–Kier alpha value is -5.53. The number of para-hydroxylation sites is 1. The molecule has 0 radical (unpaired) electrons. The number of imidazole rings is 1. The van der Waals surface area contributed by atoms with Crippen LogP contribution in [-0.4, -0.2) is 14.4 Å². The molecule has 8 aromatic rings. The van der Waals surface area contributed by atoms with Gasteiger partial charge in [-0.1, -0.05) is 84.9 Å². The molecule has 180 valence electrons.